The van der Waals surface area contributed by atoms with Gasteiger partial charge in [0.15, 0.2) is 0 Å². The highest BCUT2D eigenvalue weighted by atomic mass is 127. The molecule has 0 saturated carbocycles. The zero-order chi connectivity index (χ0) is 6.97. The average molecular weight is 261 g/mol. The first kappa shape index (κ1) is 9.00. The van der Waals surface area contributed by atoms with Gasteiger partial charge in [0, 0.05) is 12.0 Å². The molecule has 1 aliphatic rings. The Morgan fingerprint density at radius 1 is 1.27 bits per heavy atom. The molecule has 1 unspecified atom stereocenters. The van der Waals surface area contributed by atoms with E-state index in [-0.39, 0.29) is 24.0 Å². The molecule has 0 amide bonds. The number of hydrogen-bond donors (Lipinski definition) is 1. The van der Waals surface area contributed by atoms with Gasteiger partial charge in [-0.25, -0.2) is 0 Å². The van der Waals surface area contributed by atoms with Crippen LogP contribution in [-0.2, 0) is 6.42 Å². The summed E-state index contributed by atoms with van der Waals surface area (Å²) in [6.07, 6.45) is 1.25. The van der Waals surface area contributed by atoms with Crippen LogP contribution in [0.15, 0.2) is 24.3 Å². The fourth-order valence-corrected chi connectivity index (χ4v) is 1.61. The van der Waals surface area contributed by atoms with E-state index in [2.05, 4.69) is 31.3 Å². The number of quaternary nitrogens is 1. The summed E-state index contributed by atoms with van der Waals surface area (Å²) in [5.74, 6) is 0. The largest absolute Gasteiger partial charge is 1.00 e. The average Bonchev–Trinajstić information content (AvgIpc) is 2.34. The third kappa shape index (κ3) is 1.56. The van der Waals surface area contributed by atoms with Crippen LogP contribution in [0.1, 0.15) is 5.56 Å². The van der Waals surface area contributed by atoms with Crippen molar-refractivity contribution in [2.45, 2.75) is 6.42 Å². The van der Waals surface area contributed by atoms with Crippen molar-refractivity contribution in [3.05, 3.63) is 29.8 Å². The van der Waals surface area contributed by atoms with E-state index >= 15 is 0 Å². The van der Waals surface area contributed by atoms with Crippen LogP contribution in [0, 0.1) is 0 Å². The second kappa shape index (κ2) is 3.54. The van der Waals surface area contributed by atoms with E-state index in [1.807, 2.05) is 0 Å². The monoisotopic (exact) mass is 261 g/mol. The second-order valence-electron chi connectivity index (χ2n) is 2.94. The first-order chi connectivity index (χ1) is 4.88. The molecule has 0 saturated heterocycles. The van der Waals surface area contributed by atoms with Crippen LogP contribution in [-0.4, -0.2) is 13.6 Å². The van der Waals surface area contributed by atoms with Crippen molar-refractivity contribution in [1.82, 2.24) is 0 Å². The van der Waals surface area contributed by atoms with Gasteiger partial charge in [-0.2, -0.15) is 0 Å². The second-order valence-corrected chi connectivity index (χ2v) is 2.94. The molecule has 11 heavy (non-hydrogen) atoms. The number of para-hydroxylation sites is 1. The van der Waals surface area contributed by atoms with Gasteiger partial charge < -0.3 is 28.9 Å². The fraction of sp³-hybridized carbons (Fsp3) is 0.333. The first-order valence-corrected chi connectivity index (χ1v) is 3.78. The SMILES string of the molecule is C[NH+]1CCc2ccccc21.[I-]. The number of rotatable bonds is 0. The van der Waals surface area contributed by atoms with Crippen LogP contribution in [0.2, 0.25) is 0 Å². The van der Waals surface area contributed by atoms with Crippen LogP contribution in [0.5, 0.6) is 0 Å². The zero-order valence-corrected chi connectivity index (χ0v) is 8.76. The molecule has 0 aliphatic carbocycles. The van der Waals surface area contributed by atoms with Crippen molar-refractivity contribution < 1.29 is 28.9 Å². The molecule has 1 nitrogen and oxygen atoms in total. The quantitative estimate of drug-likeness (QED) is 0.488. The van der Waals surface area contributed by atoms with E-state index in [0.717, 1.165) is 0 Å². The lowest BCUT2D eigenvalue weighted by molar-refractivity contribution is -0.803. The van der Waals surface area contributed by atoms with Crippen LogP contribution < -0.4 is 28.9 Å². The number of likely N-dealkylation sites (N-methyl/N-ethyl adjacent to an activating group) is 1. The van der Waals surface area contributed by atoms with Crippen LogP contribution in [0.25, 0.3) is 0 Å². The molecule has 2 heteroatoms. The summed E-state index contributed by atoms with van der Waals surface area (Å²) in [4.78, 5) is 1.55. The maximum atomic E-state index is 2.23. The van der Waals surface area contributed by atoms with E-state index in [1.165, 1.54) is 24.2 Å². The molecule has 0 spiro atoms. The Morgan fingerprint density at radius 3 is 2.73 bits per heavy atom. The van der Waals surface area contributed by atoms with Crippen molar-refractivity contribution in [2.24, 2.45) is 0 Å². The Morgan fingerprint density at radius 2 is 2.00 bits per heavy atom. The number of hydrogen-bond acceptors (Lipinski definition) is 0. The molecule has 0 radical (unpaired) electrons. The summed E-state index contributed by atoms with van der Waals surface area (Å²) >= 11 is 0. The normalized spacial score (nSPS) is 20.6. The zero-order valence-electron chi connectivity index (χ0n) is 6.60. The van der Waals surface area contributed by atoms with E-state index in [9.17, 15) is 0 Å². The molecular formula is C9H12IN. The summed E-state index contributed by atoms with van der Waals surface area (Å²) in [5, 5.41) is 0. The minimum Gasteiger partial charge on any atom is -1.00 e. The molecule has 1 aromatic carbocycles. The molecule has 0 aromatic heterocycles. The number of nitrogens with one attached hydrogen (secondary N) is 1. The van der Waals surface area contributed by atoms with Gasteiger partial charge >= 0.3 is 0 Å². The maximum absolute atomic E-state index is 2.23. The Hall–Kier alpha value is -0.0900. The van der Waals surface area contributed by atoms with Crippen molar-refractivity contribution in [3.63, 3.8) is 0 Å². The Bertz CT molecular complexity index is 247. The van der Waals surface area contributed by atoms with Gasteiger partial charge in [0.1, 0.15) is 5.69 Å². The van der Waals surface area contributed by atoms with Crippen LogP contribution in [0.3, 0.4) is 0 Å². The van der Waals surface area contributed by atoms with E-state index < -0.39 is 0 Å². The first-order valence-electron chi connectivity index (χ1n) is 3.78. The highest BCUT2D eigenvalue weighted by molar-refractivity contribution is 5.41. The van der Waals surface area contributed by atoms with Gasteiger partial charge in [-0.3, -0.25) is 0 Å². The minimum absolute atomic E-state index is 0. The van der Waals surface area contributed by atoms with Gasteiger partial charge in [-0.15, -0.1) is 0 Å². The van der Waals surface area contributed by atoms with Crippen molar-refractivity contribution in [1.29, 1.82) is 0 Å². The van der Waals surface area contributed by atoms with Gasteiger partial charge in [-0.05, 0) is 6.07 Å². The molecule has 2 rings (SSSR count). The lowest BCUT2D eigenvalue weighted by atomic mass is 10.2. The van der Waals surface area contributed by atoms with Crippen molar-refractivity contribution >= 4 is 5.69 Å². The summed E-state index contributed by atoms with van der Waals surface area (Å²) in [6, 6.07) is 8.69. The highest BCUT2D eigenvalue weighted by Gasteiger charge is 2.18. The van der Waals surface area contributed by atoms with Gasteiger partial charge in [0.05, 0.1) is 13.6 Å². The molecule has 1 aliphatic heterocycles. The third-order valence-electron chi connectivity index (χ3n) is 2.25. The maximum Gasteiger partial charge on any atom is 0.134 e. The minimum atomic E-state index is 0. The standard InChI is InChI=1S/C9H11N.HI/c1-10-7-6-8-4-2-3-5-9(8)10;/h2-5H,6-7H2,1H3;1H. The number of benzene rings is 1. The highest BCUT2D eigenvalue weighted by Crippen LogP contribution is 2.13. The Balaban J connectivity index is 0.000000605. The van der Waals surface area contributed by atoms with Crippen molar-refractivity contribution in [2.75, 3.05) is 13.6 Å². The topological polar surface area (TPSA) is 4.44 Å². The molecule has 60 valence electrons. The lowest BCUT2D eigenvalue weighted by Gasteiger charge is -2.03. The van der Waals surface area contributed by atoms with Gasteiger partial charge in [-0.1, -0.05) is 18.2 Å². The molecule has 0 fully saturated rings. The predicted octanol–water partition coefficient (Wildman–Crippen LogP) is -2.61. The molecule has 1 atom stereocenters. The van der Waals surface area contributed by atoms with E-state index in [1.54, 1.807) is 4.90 Å². The smallest absolute Gasteiger partial charge is 0.134 e. The lowest BCUT2D eigenvalue weighted by Crippen LogP contribution is -3.02. The number of fused-ring (bicyclic) bond motifs is 1. The summed E-state index contributed by atoms with van der Waals surface area (Å²) < 4.78 is 0. The molecular weight excluding hydrogens is 249 g/mol. The Labute approximate surface area is 84.4 Å². The fourth-order valence-electron chi connectivity index (χ4n) is 1.61. The third-order valence-corrected chi connectivity index (χ3v) is 2.25. The van der Waals surface area contributed by atoms with Crippen LogP contribution in [0.4, 0.5) is 5.69 Å². The summed E-state index contributed by atoms with van der Waals surface area (Å²) in [7, 11) is 2.23. The van der Waals surface area contributed by atoms with Crippen LogP contribution >= 0.6 is 0 Å². The van der Waals surface area contributed by atoms with Gasteiger partial charge in [0.25, 0.3) is 0 Å². The van der Waals surface area contributed by atoms with E-state index in [0.29, 0.717) is 0 Å². The number of halogens is 1. The van der Waals surface area contributed by atoms with Crippen molar-refractivity contribution in [3.8, 4) is 0 Å². The summed E-state index contributed by atoms with van der Waals surface area (Å²) in [6.45, 7) is 1.26. The molecule has 1 heterocycles. The molecule has 0 bridgehead atoms. The molecule has 1 aromatic rings. The Kier molecular flexibility index (Phi) is 2.90. The van der Waals surface area contributed by atoms with Gasteiger partial charge in [0.2, 0.25) is 0 Å². The predicted molar refractivity (Wildman–Crippen MR) is 41.6 cm³/mol. The summed E-state index contributed by atoms with van der Waals surface area (Å²) in [5.41, 5.74) is 3.02. The molecule has 1 N–H and O–H groups in total. The van der Waals surface area contributed by atoms with E-state index in [4.69, 9.17) is 0 Å².